The second-order valence-corrected chi connectivity index (χ2v) is 9.47. The SMILES string of the molecule is COc1ccc2ccc(S(=O)(=O)N3CCN(C(=O)c4ccccc4C(=N)N)CC3)cc2c1. The van der Waals surface area contributed by atoms with Crippen LogP contribution < -0.4 is 10.5 Å². The first-order valence-corrected chi connectivity index (χ1v) is 11.6. The molecule has 166 valence electrons. The van der Waals surface area contributed by atoms with Gasteiger partial charge in [0, 0.05) is 31.7 Å². The van der Waals surface area contributed by atoms with Gasteiger partial charge >= 0.3 is 0 Å². The molecule has 1 saturated heterocycles. The summed E-state index contributed by atoms with van der Waals surface area (Å²) in [7, 11) is -2.14. The van der Waals surface area contributed by atoms with Crippen molar-refractivity contribution in [2.45, 2.75) is 4.90 Å². The number of amidine groups is 1. The molecule has 0 atom stereocenters. The van der Waals surface area contributed by atoms with Crippen molar-refractivity contribution in [2.75, 3.05) is 33.3 Å². The highest BCUT2D eigenvalue weighted by Crippen LogP contribution is 2.26. The van der Waals surface area contributed by atoms with E-state index in [4.69, 9.17) is 15.9 Å². The van der Waals surface area contributed by atoms with Gasteiger partial charge in [-0.15, -0.1) is 0 Å². The first-order valence-electron chi connectivity index (χ1n) is 10.1. The zero-order valence-corrected chi connectivity index (χ0v) is 18.4. The number of benzene rings is 3. The Bertz CT molecular complexity index is 1300. The maximum absolute atomic E-state index is 13.2. The van der Waals surface area contributed by atoms with Crippen LogP contribution in [0.15, 0.2) is 65.6 Å². The first-order chi connectivity index (χ1) is 15.3. The number of hydrogen-bond donors (Lipinski definition) is 2. The van der Waals surface area contributed by atoms with E-state index in [1.807, 2.05) is 12.1 Å². The minimum atomic E-state index is -3.71. The molecular weight excluding hydrogens is 428 g/mol. The van der Waals surface area contributed by atoms with E-state index in [2.05, 4.69) is 0 Å². The van der Waals surface area contributed by atoms with Crippen LogP contribution >= 0.6 is 0 Å². The monoisotopic (exact) mass is 452 g/mol. The quantitative estimate of drug-likeness (QED) is 0.455. The molecule has 1 aliphatic heterocycles. The molecule has 32 heavy (non-hydrogen) atoms. The number of sulfonamides is 1. The molecule has 0 unspecified atom stereocenters. The van der Waals surface area contributed by atoms with Crippen LogP contribution in [0.3, 0.4) is 0 Å². The summed E-state index contributed by atoms with van der Waals surface area (Å²) < 4.78 is 33.1. The van der Waals surface area contributed by atoms with Gasteiger partial charge in [-0.3, -0.25) is 10.2 Å². The molecule has 3 N–H and O–H groups in total. The fourth-order valence-corrected chi connectivity index (χ4v) is 5.30. The highest BCUT2D eigenvalue weighted by Gasteiger charge is 2.31. The van der Waals surface area contributed by atoms with Gasteiger partial charge in [-0.05, 0) is 41.1 Å². The maximum atomic E-state index is 13.2. The number of piperazine rings is 1. The van der Waals surface area contributed by atoms with Gasteiger partial charge in [0.05, 0.1) is 17.6 Å². The Morgan fingerprint density at radius 3 is 2.25 bits per heavy atom. The summed E-state index contributed by atoms with van der Waals surface area (Å²) in [4.78, 5) is 14.8. The van der Waals surface area contributed by atoms with Gasteiger partial charge in [-0.2, -0.15) is 4.31 Å². The molecule has 1 aliphatic rings. The fourth-order valence-electron chi connectivity index (χ4n) is 3.85. The molecule has 1 fully saturated rings. The normalized spacial score (nSPS) is 15.0. The number of methoxy groups -OCH3 is 1. The summed E-state index contributed by atoms with van der Waals surface area (Å²) in [6, 6.07) is 17.2. The van der Waals surface area contributed by atoms with Crippen molar-refractivity contribution in [3.8, 4) is 5.75 Å². The summed E-state index contributed by atoms with van der Waals surface area (Å²) in [5.74, 6) is 0.221. The first kappa shape index (κ1) is 21.8. The zero-order chi connectivity index (χ0) is 22.9. The number of nitrogen functional groups attached to an aromatic ring is 1. The van der Waals surface area contributed by atoms with Gasteiger partial charge in [0.1, 0.15) is 11.6 Å². The highest BCUT2D eigenvalue weighted by molar-refractivity contribution is 7.89. The molecule has 8 nitrogen and oxygen atoms in total. The number of nitrogens with zero attached hydrogens (tertiary/aromatic N) is 2. The van der Waals surface area contributed by atoms with E-state index < -0.39 is 10.0 Å². The van der Waals surface area contributed by atoms with Gasteiger partial charge < -0.3 is 15.4 Å². The lowest BCUT2D eigenvalue weighted by Gasteiger charge is -2.34. The van der Waals surface area contributed by atoms with Crippen LogP contribution in [0.4, 0.5) is 0 Å². The summed E-state index contributed by atoms with van der Waals surface area (Å²) in [5.41, 5.74) is 6.32. The molecule has 1 amide bonds. The van der Waals surface area contributed by atoms with Crippen molar-refractivity contribution < 1.29 is 17.9 Å². The van der Waals surface area contributed by atoms with E-state index in [1.165, 1.54) is 4.31 Å². The second kappa shape index (κ2) is 8.60. The third kappa shape index (κ3) is 4.04. The highest BCUT2D eigenvalue weighted by atomic mass is 32.2. The third-order valence-electron chi connectivity index (χ3n) is 5.63. The molecule has 0 aromatic heterocycles. The van der Waals surface area contributed by atoms with Crippen LogP contribution in [0.5, 0.6) is 5.75 Å². The summed E-state index contributed by atoms with van der Waals surface area (Å²) in [6.07, 6.45) is 0. The molecule has 0 saturated carbocycles. The van der Waals surface area contributed by atoms with Gasteiger partial charge in [0.25, 0.3) is 5.91 Å². The van der Waals surface area contributed by atoms with Crippen LogP contribution in [0, 0.1) is 5.41 Å². The lowest BCUT2D eigenvalue weighted by molar-refractivity contribution is 0.0697. The van der Waals surface area contributed by atoms with E-state index in [-0.39, 0.29) is 42.8 Å². The summed E-state index contributed by atoms with van der Waals surface area (Å²) in [6.45, 7) is 0.885. The number of fused-ring (bicyclic) bond motifs is 1. The molecule has 0 bridgehead atoms. The van der Waals surface area contributed by atoms with Crippen LogP contribution in [-0.4, -0.2) is 62.7 Å². The maximum Gasteiger partial charge on any atom is 0.254 e. The standard InChI is InChI=1S/C23H24N4O4S/c1-31-18-8-6-16-7-9-19(15-17(16)14-18)32(29,30)27-12-10-26(11-13-27)23(28)21-5-3-2-4-20(21)22(24)25/h2-9,14-15H,10-13H2,1H3,(H3,24,25). The summed E-state index contributed by atoms with van der Waals surface area (Å²) >= 11 is 0. The average molecular weight is 453 g/mol. The Balaban J connectivity index is 1.52. The second-order valence-electron chi connectivity index (χ2n) is 7.53. The third-order valence-corrected chi connectivity index (χ3v) is 7.52. The van der Waals surface area contributed by atoms with Gasteiger partial charge in [0.15, 0.2) is 0 Å². The fraction of sp³-hybridized carbons (Fsp3) is 0.217. The van der Waals surface area contributed by atoms with Gasteiger partial charge in [-0.1, -0.05) is 30.3 Å². The molecule has 4 rings (SSSR count). The molecule has 0 radical (unpaired) electrons. The van der Waals surface area contributed by atoms with Crippen LogP contribution in [0.2, 0.25) is 0 Å². The Kier molecular flexibility index (Phi) is 5.86. The molecule has 3 aromatic carbocycles. The van der Waals surface area contributed by atoms with Crippen LogP contribution in [0.1, 0.15) is 15.9 Å². The predicted molar refractivity (Wildman–Crippen MR) is 123 cm³/mol. The van der Waals surface area contributed by atoms with E-state index in [1.54, 1.807) is 60.5 Å². The number of nitrogens with one attached hydrogen (secondary N) is 1. The van der Waals surface area contributed by atoms with Crippen molar-refractivity contribution >= 4 is 32.5 Å². The number of ether oxygens (including phenoxy) is 1. The minimum Gasteiger partial charge on any atom is -0.497 e. The predicted octanol–water partition coefficient (Wildman–Crippen LogP) is 2.28. The van der Waals surface area contributed by atoms with Crippen molar-refractivity contribution in [3.05, 3.63) is 71.8 Å². The van der Waals surface area contributed by atoms with Gasteiger partial charge in [0.2, 0.25) is 10.0 Å². The van der Waals surface area contributed by atoms with E-state index in [9.17, 15) is 13.2 Å². The number of rotatable bonds is 5. The molecule has 1 heterocycles. The number of hydrogen-bond acceptors (Lipinski definition) is 5. The van der Waals surface area contributed by atoms with Crippen molar-refractivity contribution in [2.24, 2.45) is 5.73 Å². The molecule has 0 aliphatic carbocycles. The molecule has 0 spiro atoms. The number of carbonyl (C=O) groups excluding carboxylic acids is 1. The largest absolute Gasteiger partial charge is 0.497 e. The van der Waals surface area contributed by atoms with Crippen LogP contribution in [0.25, 0.3) is 10.8 Å². The minimum absolute atomic E-state index is 0.178. The topological polar surface area (TPSA) is 117 Å². The molecule has 3 aromatic rings. The summed E-state index contributed by atoms with van der Waals surface area (Å²) in [5, 5.41) is 9.39. The van der Waals surface area contributed by atoms with Crippen molar-refractivity contribution in [1.29, 1.82) is 5.41 Å². The molecule has 9 heteroatoms. The van der Waals surface area contributed by atoms with Gasteiger partial charge in [-0.25, -0.2) is 8.42 Å². The van der Waals surface area contributed by atoms with E-state index in [0.29, 0.717) is 16.9 Å². The lowest BCUT2D eigenvalue weighted by Crippen LogP contribution is -2.50. The Hall–Kier alpha value is -3.43. The van der Waals surface area contributed by atoms with Crippen molar-refractivity contribution in [1.82, 2.24) is 9.21 Å². The van der Waals surface area contributed by atoms with E-state index >= 15 is 0 Å². The van der Waals surface area contributed by atoms with Crippen molar-refractivity contribution in [3.63, 3.8) is 0 Å². The molecular formula is C23H24N4O4S. The van der Waals surface area contributed by atoms with E-state index in [0.717, 1.165) is 10.8 Å². The lowest BCUT2D eigenvalue weighted by atomic mass is 10.1. The van der Waals surface area contributed by atoms with Crippen LogP contribution in [-0.2, 0) is 10.0 Å². The number of carbonyl (C=O) groups is 1. The average Bonchev–Trinajstić information content (AvgIpc) is 2.82. The Morgan fingerprint density at radius 2 is 1.59 bits per heavy atom. The number of nitrogens with two attached hydrogens (primary N) is 1. The zero-order valence-electron chi connectivity index (χ0n) is 17.6. The number of amides is 1. The Morgan fingerprint density at radius 1 is 0.938 bits per heavy atom. The Labute approximate surface area is 186 Å². The smallest absolute Gasteiger partial charge is 0.254 e.